The normalized spacial score (nSPS) is 10.3. The molecule has 3 N–H and O–H groups in total. The van der Waals surface area contributed by atoms with Crippen molar-refractivity contribution in [2.45, 2.75) is 20.4 Å². The van der Waals surface area contributed by atoms with E-state index in [2.05, 4.69) is 16.0 Å². The van der Waals surface area contributed by atoms with Gasteiger partial charge in [-0.1, -0.05) is 18.2 Å². The third kappa shape index (κ3) is 5.54. The molecule has 3 amide bonds. The molecule has 0 saturated heterocycles. The van der Waals surface area contributed by atoms with E-state index in [1.54, 1.807) is 26.0 Å². The van der Waals surface area contributed by atoms with Crippen molar-refractivity contribution in [1.29, 1.82) is 0 Å². The molecule has 0 unspecified atom stereocenters. The lowest BCUT2D eigenvalue weighted by Crippen LogP contribution is -2.40. The highest BCUT2D eigenvalue weighted by atomic mass is 19.1. The second-order valence-electron chi connectivity index (χ2n) is 5.91. The van der Waals surface area contributed by atoms with Gasteiger partial charge >= 0.3 is 6.03 Å². The van der Waals surface area contributed by atoms with Crippen LogP contribution in [0.1, 0.15) is 27.0 Å². The Kier molecular flexibility index (Phi) is 6.66. The van der Waals surface area contributed by atoms with Crippen LogP contribution >= 0.6 is 0 Å². The number of carbonyl (C=O) groups excluding carboxylic acids is 2. The van der Waals surface area contributed by atoms with Crippen LogP contribution in [0.15, 0.2) is 36.4 Å². The van der Waals surface area contributed by atoms with Gasteiger partial charge in [0.2, 0.25) is 0 Å². The minimum absolute atomic E-state index is 0.192. The van der Waals surface area contributed by atoms with Crippen LogP contribution in [0.5, 0.6) is 0 Å². The molecule has 2 aromatic carbocycles. The molecule has 0 aliphatic heterocycles. The van der Waals surface area contributed by atoms with Gasteiger partial charge in [0.25, 0.3) is 5.91 Å². The molecule has 2 aromatic rings. The van der Waals surface area contributed by atoms with Gasteiger partial charge < -0.3 is 16.0 Å². The molecule has 7 heteroatoms. The monoisotopic (exact) mass is 361 g/mol. The summed E-state index contributed by atoms with van der Waals surface area (Å²) in [4.78, 5) is 23.6. The third-order valence-corrected chi connectivity index (χ3v) is 3.82. The molecule has 0 aliphatic carbocycles. The molecule has 0 aromatic heterocycles. The molecule has 2 rings (SSSR count). The van der Waals surface area contributed by atoms with E-state index in [9.17, 15) is 18.4 Å². The van der Waals surface area contributed by atoms with Crippen molar-refractivity contribution in [2.24, 2.45) is 0 Å². The van der Waals surface area contributed by atoms with Crippen molar-refractivity contribution >= 4 is 11.9 Å². The van der Waals surface area contributed by atoms with Crippen molar-refractivity contribution in [3.8, 4) is 0 Å². The average Bonchev–Trinajstić information content (AvgIpc) is 2.61. The maximum absolute atomic E-state index is 13.4. The Bertz CT molecular complexity index is 809. The van der Waals surface area contributed by atoms with Crippen molar-refractivity contribution in [3.63, 3.8) is 0 Å². The van der Waals surface area contributed by atoms with Gasteiger partial charge in [0, 0.05) is 25.2 Å². The number of urea groups is 1. The topological polar surface area (TPSA) is 70.2 Å². The summed E-state index contributed by atoms with van der Waals surface area (Å²) in [7, 11) is 0. The van der Waals surface area contributed by atoms with Crippen molar-refractivity contribution in [1.82, 2.24) is 16.0 Å². The van der Waals surface area contributed by atoms with Crippen molar-refractivity contribution in [3.05, 3.63) is 70.3 Å². The molecule has 0 saturated carbocycles. The Morgan fingerprint density at radius 1 is 0.846 bits per heavy atom. The number of carbonyl (C=O) groups is 2. The van der Waals surface area contributed by atoms with Gasteiger partial charge in [-0.2, -0.15) is 0 Å². The van der Waals surface area contributed by atoms with Crippen LogP contribution in [0.2, 0.25) is 0 Å². The van der Waals surface area contributed by atoms with E-state index in [0.717, 1.165) is 0 Å². The summed E-state index contributed by atoms with van der Waals surface area (Å²) in [6.45, 7) is 3.87. The SMILES string of the molecule is Cc1ccc(CNC(=O)NCCNC(=O)c2ccc(C)c(F)c2)cc1F. The first-order valence-electron chi connectivity index (χ1n) is 8.18. The highest BCUT2D eigenvalue weighted by Gasteiger charge is 2.08. The smallest absolute Gasteiger partial charge is 0.315 e. The van der Waals surface area contributed by atoms with Crippen molar-refractivity contribution < 1.29 is 18.4 Å². The summed E-state index contributed by atoms with van der Waals surface area (Å²) in [5, 5.41) is 7.76. The summed E-state index contributed by atoms with van der Waals surface area (Å²) in [5.41, 5.74) is 1.88. The first-order chi connectivity index (χ1) is 12.4. The number of amides is 3. The van der Waals surface area contributed by atoms with Crippen LogP contribution in [0, 0.1) is 25.5 Å². The molecule has 0 fully saturated rings. The number of aryl methyl sites for hydroxylation is 2. The maximum Gasteiger partial charge on any atom is 0.315 e. The summed E-state index contributed by atoms with van der Waals surface area (Å²) in [6.07, 6.45) is 0. The van der Waals surface area contributed by atoms with E-state index in [1.807, 2.05) is 0 Å². The van der Waals surface area contributed by atoms with Gasteiger partial charge in [-0.3, -0.25) is 4.79 Å². The molecule has 138 valence electrons. The number of hydrogen-bond acceptors (Lipinski definition) is 2. The van der Waals surface area contributed by atoms with E-state index >= 15 is 0 Å². The minimum Gasteiger partial charge on any atom is -0.350 e. The van der Waals surface area contributed by atoms with Crippen LogP contribution in [-0.2, 0) is 6.54 Å². The molecule has 0 heterocycles. The van der Waals surface area contributed by atoms with Gasteiger partial charge in [0.05, 0.1) is 0 Å². The Hall–Kier alpha value is -2.96. The fourth-order valence-corrected chi connectivity index (χ4v) is 2.18. The summed E-state index contributed by atoms with van der Waals surface area (Å²) in [6, 6.07) is 8.56. The summed E-state index contributed by atoms with van der Waals surface area (Å²) < 4.78 is 26.9. The van der Waals surface area contributed by atoms with Gasteiger partial charge in [-0.25, -0.2) is 13.6 Å². The highest BCUT2D eigenvalue weighted by molar-refractivity contribution is 5.94. The molecule has 0 radical (unpaired) electrons. The third-order valence-electron chi connectivity index (χ3n) is 3.82. The van der Waals surface area contributed by atoms with Crippen molar-refractivity contribution in [2.75, 3.05) is 13.1 Å². The molecule has 0 bridgehead atoms. The first kappa shape index (κ1) is 19.4. The largest absolute Gasteiger partial charge is 0.350 e. The van der Waals surface area contributed by atoms with Crippen LogP contribution < -0.4 is 16.0 Å². The molecule has 5 nitrogen and oxygen atoms in total. The molecular formula is C19H21F2N3O2. The molecule has 26 heavy (non-hydrogen) atoms. The zero-order valence-corrected chi connectivity index (χ0v) is 14.7. The van der Waals surface area contributed by atoms with E-state index in [0.29, 0.717) is 16.7 Å². The fraction of sp³-hybridized carbons (Fsp3) is 0.263. The maximum atomic E-state index is 13.4. The predicted molar refractivity (Wildman–Crippen MR) is 94.8 cm³/mol. The lowest BCUT2D eigenvalue weighted by Gasteiger charge is -2.09. The van der Waals surface area contributed by atoms with Crippen LogP contribution in [0.3, 0.4) is 0 Å². The fourth-order valence-electron chi connectivity index (χ4n) is 2.18. The Morgan fingerprint density at radius 3 is 2.12 bits per heavy atom. The van der Waals surface area contributed by atoms with Crippen LogP contribution in [0.25, 0.3) is 0 Å². The lowest BCUT2D eigenvalue weighted by atomic mass is 10.1. The highest BCUT2D eigenvalue weighted by Crippen LogP contribution is 2.09. The lowest BCUT2D eigenvalue weighted by molar-refractivity contribution is 0.0953. The zero-order valence-electron chi connectivity index (χ0n) is 14.7. The molecule has 0 aliphatic rings. The quantitative estimate of drug-likeness (QED) is 0.693. The van der Waals surface area contributed by atoms with Gasteiger partial charge in [0.1, 0.15) is 11.6 Å². The number of hydrogen-bond donors (Lipinski definition) is 3. The number of halogens is 2. The number of nitrogens with one attached hydrogen (secondary N) is 3. The summed E-state index contributed by atoms with van der Waals surface area (Å²) in [5.74, 6) is -1.18. The van der Waals surface area contributed by atoms with Gasteiger partial charge in [0.15, 0.2) is 0 Å². The predicted octanol–water partition coefficient (Wildman–Crippen LogP) is 2.81. The molecule has 0 spiro atoms. The molecular weight excluding hydrogens is 340 g/mol. The minimum atomic E-state index is -0.442. The summed E-state index contributed by atoms with van der Waals surface area (Å²) >= 11 is 0. The average molecular weight is 361 g/mol. The Labute approximate surface area is 150 Å². The van der Waals surface area contributed by atoms with E-state index < -0.39 is 17.8 Å². The second-order valence-corrected chi connectivity index (χ2v) is 5.91. The Balaban J connectivity index is 1.68. The first-order valence-corrected chi connectivity index (χ1v) is 8.18. The standard InChI is InChI=1S/C19H21F2N3O2/c1-12-3-5-14(9-16(12)20)11-24-19(26)23-8-7-22-18(25)15-6-4-13(2)17(21)10-15/h3-6,9-10H,7-8,11H2,1-2H3,(H,22,25)(H2,23,24,26). The van der Waals surface area contributed by atoms with E-state index in [-0.39, 0.29) is 31.0 Å². The van der Waals surface area contributed by atoms with E-state index in [1.165, 1.54) is 24.3 Å². The van der Waals surface area contributed by atoms with Crippen LogP contribution in [-0.4, -0.2) is 25.0 Å². The second kappa shape index (κ2) is 8.94. The Morgan fingerprint density at radius 2 is 1.46 bits per heavy atom. The number of rotatable bonds is 6. The van der Waals surface area contributed by atoms with Gasteiger partial charge in [-0.15, -0.1) is 0 Å². The number of benzene rings is 2. The molecule has 0 atom stereocenters. The van der Waals surface area contributed by atoms with Crippen LogP contribution in [0.4, 0.5) is 13.6 Å². The zero-order chi connectivity index (χ0) is 19.1. The van der Waals surface area contributed by atoms with Gasteiger partial charge in [-0.05, 0) is 48.7 Å². The van der Waals surface area contributed by atoms with E-state index in [4.69, 9.17) is 0 Å².